The van der Waals surface area contributed by atoms with Crippen molar-refractivity contribution in [1.82, 2.24) is 15.1 Å². The van der Waals surface area contributed by atoms with Gasteiger partial charge in [0, 0.05) is 13.1 Å². The standard InChI is InChI=1S/C17H25N3O/c1-19(2)12-13-20-15(14-8-4-3-5-9-14)18-17(16(20)21)10-6-7-11-17/h3-5,8-9,15,18H,6-7,10-13H2,1-2H3. The second-order valence-electron chi connectivity index (χ2n) is 6.55. The van der Waals surface area contributed by atoms with Gasteiger partial charge in [0.15, 0.2) is 0 Å². The predicted molar refractivity (Wildman–Crippen MR) is 83.8 cm³/mol. The van der Waals surface area contributed by atoms with Crippen LogP contribution in [0.2, 0.25) is 0 Å². The molecule has 1 aromatic carbocycles. The van der Waals surface area contributed by atoms with Crippen molar-refractivity contribution in [1.29, 1.82) is 0 Å². The smallest absolute Gasteiger partial charge is 0.244 e. The molecule has 2 aliphatic rings. The third-order valence-corrected chi connectivity index (χ3v) is 4.76. The van der Waals surface area contributed by atoms with Gasteiger partial charge in [-0.25, -0.2) is 0 Å². The maximum absolute atomic E-state index is 13.0. The second kappa shape index (κ2) is 5.78. The van der Waals surface area contributed by atoms with E-state index >= 15 is 0 Å². The van der Waals surface area contributed by atoms with Crippen molar-refractivity contribution in [3.63, 3.8) is 0 Å². The summed E-state index contributed by atoms with van der Waals surface area (Å²) >= 11 is 0. The van der Waals surface area contributed by atoms with Gasteiger partial charge < -0.3 is 9.80 Å². The predicted octanol–water partition coefficient (Wildman–Crippen LogP) is 1.99. The number of carbonyl (C=O) groups is 1. The van der Waals surface area contributed by atoms with Gasteiger partial charge in [0.1, 0.15) is 6.17 Å². The number of hydrogen-bond acceptors (Lipinski definition) is 3. The summed E-state index contributed by atoms with van der Waals surface area (Å²) in [5, 5.41) is 3.66. The Hall–Kier alpha value is -1.39. The number of nitrogens with zero attached hydrogens (tertiary/aromatic N) is 2. The molecule has 21 heavy (non-hydrogen) atoms. The van der Waals surface area contributed by atoms with E-state index in [9.17, 15) is 4.79 Å². The Morgan fingerprint density at radius 3 is 2.52 bits per heavy atom. The van der Waals surface area contributed by atoms with Crippen molar-refractivity contribution in [2.45, 2.75) is 37.4 Å². The third-order valence-electron chi connectivity index (χ3n) is 4.76. The molecule has 3 rings (SSSR count). The number of nitrogens with one attached hydrogen (secondary N) is 1. The summed E-state index contributed by atoms with van der Waals surface area (Å²) in [6.07, 6.45) is 4.29. The Bertz CT molecular complexity index is 494. The zero-order chi connectivity index (χ0) is 14.9. The van der Waals surface area contributed by atoms with E-state index in [0.717, 1.165) is 38.8 Å². The van der Waals surface area contributed by atoms with Crippen LogP contribution in [0.5, 0.6) is 0 Å². The van der Waals surface area contributed by atoms with Crippen molar-refractivity contribution in [3.05, 3.63) is 35.9 Å². The van der Waals surface area contributed by atoms with Crippen LogP contribution < -0.4 is 5.32 Å². The average Bonchev–Trinajstić information content (AvgIpc) is 3.06. The van der Waals surface area contributed by atoms with E-state index in [1.807, 2.05) is 23.1 Å². The van der Waals surface area contributed by atoms with E-state index in [4.69, 9.17) is 0 Å². The number of rotatable bonds is 4. The summed E-state index contributed by atoms with van der Waals surface area (Å²) < 4.78 is 0. The van der Waals surface area contributed by atoms with Crippen molar-refractivity contribution in [2.75, 3.05) is 27.2 Å². The van der Waals surface area contributed by atoms with Crippen LogP contribution in [0.1, 0.15) is 37.4 Å². The van der Waals surface area contributed by atoms with Gasteiger partial charge in [-0.1, -0.05) is 43.2 Å². The minimum atomic E-state index is -0.299. The first-order valence-corrected chi connectivity index (χ1v) is 7.91. The lowest BCUT2D eigenvalue weighted by Gasteiger charge is -2.26. The Labute approximate surface area is 127 Å². The molecule has 4 heteroatoms. The molecular weight excluding hydrogens is 262 g/mol. The van der Waals surface area contributed by atoms with Crippen LogP contribution in [-0.4, -0.2) is 48.4 Å². The maximum atomic E-state index is 13.0. The highest BCUT2D eigenvalue weighted by atomic mass is 16.2. The van der Waals surface area contributed by atoms with Crippen LogP contribution >= 0.6 is 0 Å². The molecule has 0 radical (unpaired) electrons. The van der Waals surface area contributed by atoms with Gasteiger partial charge >= 0.3 is 0 Å². The number of benzene rings is 1. The van der Waals surface area contributed by atoms with E-state index < -0.39 is 0 Å². The zero-order valence-corrected chi connectivity index (χ0v) is 13.0. The molecule has 1 aliphatic carbocycles. The molecule has 114 valence electrons. The quantitative estimate of drug-likeness (QED) is 0.920. The van der Waals surface area contributed by atoms with Crippen molar-refractivity contribution < 1.29 is 4.79 Å². The SMILES string of the molecule is CN(C)CCN1C(=O)C2(CCCC2)NC1c1ccccc1. The Kier molecular flexibility index (Phi) is 4.00. The molecule has 1 N–H and O–H groups in total. The summed E-state index contributed by atoms with van der Waals surface area (Å²) in [6.45, 7) is 1.67. The minimum absolute atomic E-state index is 0.0248. The van der Waals surface area contributed by atoms with Crippen LogP contribution in [0.3, 0.4) is 0 Å². The summed E-state index contributed by atoms with van der Waals surface area (Å²) in [5.41, 5.74) is 0.890. The molecular formula is C17H25N3O. The Balaban J connectivity index is 1.86. The first-order valence-electron chi connectivity index (χ1n) is 7.91. The zero-order valence-electron chi connectivity index (χ0n) is 13.0. The number of amides is 1. The number of likely N-dealkylation sites (N-methyl/N-ethyl adjacent to an activating group) is 1. The molecule has 0 bridgehead atoms. The molecule has 1 unspecified atom stereocenters. The van der Waals surface area contributed by atoms with Crippen LogP contribution in [0.25, 0.3) is 0 Å². The summed E-state index contributed by atoms with van der Waals surface area (Å²) in [7, 11) is 4.10. The molecule has 1 heterocycles. The fraction of sp³-hybridized carbons (Fsp3) is 0.588. The van der Waals surface area contributed by atoms with Crippen LogP contribution in [0, 0.1) is 0 Å². The first-order chi connectivity index (χ1) is 10.1. The molecule has 1 saturated heterocycles. The van der Waals surface area contributed by atoms with Crippen molar-refractivity contribution in [3.8, 4) is 0 Å². The number of carbonyl (C=O) groups excluding carboxylic acids is 1. The van der Waals surface area contributed by atoms with E-state index in [2.05, 4.69) is 36.4 Å². The van der Waals surface area contributed by atoms with Gasteiger partial charge in [0.2, 0.25) is 5.91 Å². The largest absolute Gasteiger partial charge is 0.320 e. The maximum Gasteiger partial charge on any atom is 0.244 e. The Morgan fingerprint density at radius 2 is 1.90 bits per heavy atom. The third kappa shape index (κ3) is 2.70. The molecule has 1 atom stereocenters. The van der Waals surface area contributed by atoms with E-state index in [0.29, 0.717) is 5.91 Å². The first kappa shape index (κ1) is 14.5. The number of hydrogen-bond donors (Lipinski definition) is 1. The van der Waals surface area contributed by atoms with Crippen molar-refractivity contribution in [2.24, 2.45) is 0 Å². The highest BCUT2D eigenvalue weighted by molar-refractivity contribution is 5.89. The second-order valence-corrected chi connectivity index (χ2v) is 6.55. The van der Waals surface area contributed by atoms with Gasteiger partial charge in [0.05, 0.1) is 5.54 Å². The Morgan fingerprint density at radius 1 is 1.24 bits per heavy atom. The molecule has 1 amide bonds. The molecule has 4 nitrogen and oxygen atoms in total. The average molecular weight is 287 g/mol. The lowest BCUT2D eigenvalue weighted by Crippen LogP contribution is -2.44. The monoisotopic (exact) mass is 287 g/mol. The van der Waals surface area contributed by atoms with Gasteiger partial charge in [0.25, 0.3) is 0 Å². The van der Waals surface area contributed by atoms with Gasteiger partial charge in [-0.2, -0.15) is 0 Å². The summed E-state index contributed by atoms with van der Waals surface area (Å²) in [5.74, 6) is 0.302. The highest BCUT2D eigenvalue weighted by Crippen LogP contribution is 2.40. The van der Waals surface area contributed by atoms with E-state index in [1.165, 1.54) is 5.56 Å². The highest BCUT2D eigenvalue weighted by Gasteiger charge is 2.52. The molecule has 1 saturated carbocycles. The molecule has 0 aromatic heterocycles. The topological polar surface area (TPSA) is 35.6 Å². The molecule has 1 aromatic rings. The normalized spacial score (nSPS) is 24.4. The molecule has 2 fully saturated rings. The van der Waals surface area contributed by atoms with Crippen molar-refractivity contribution >= 4 is 5.91 Å². The summed E-state index contributed by atoms with van der Waals surface area (Å²) in [6, 6.07) is 10.3. The van der Waals surface area contributed by atoms with Crippen LogP contribution in [0.4, 0.5) is 0 Å². The van der Waals surface area contributed by atoms with Gasteiger partial charge in [-0.3, -0.25) is 10.1 Å². The lowest BCUT2D eigenvalue weighted by molar-refractivity contribution is -0.133. The van der Waals surface area contributed by atoms with E-state index in [1.54, 1.807) is 0 Å². The fourth-order valence-corrected chi connectivity index (χ4v) is 3.57. The summed E-state index contributed by atoms with van der Waals surface area (Å²) in [4.78, 5) is 17.1. The molecule has 1 aliphatic heterocycles. The minimum Gasteiger partial charge on any atom is -0.320 e. The van der Waals surface area contributed by atoms with Gasteiger partial charge in [-0.05, 0) is 32.5 Å². The fourth-order valence-electron chi connectivity index (χ4n) is 3.57. The van der Waals surface area contributed by atoms with E-state index in [-0.39, 0.29) is 11.7 Å². The van der Waals surface area contributed by atoms with Crippen LogP contribution in [-0.2, 0) is 4.79 Å². The lowest BCUT2D eigenvalue weighted by atomic mass is 9.98. The van der Waals surface area contributed by atoms with Gasteiger partial charge in [-0.15, -0.1) is 0 Å². The van der Waals surface area contributed by atoms with Crippen LogP contribution in [0.15, 0.2) is 30.3 Å². The molecule has 1 spiro atoms.